The van der Waals surface area contributed by atoms with Gasteiger partial charge in [0.1, 0.15) is 5.82 Å². The van der Waals surface area contributed by atoms with Crippen LogP contribution in [-0.4, -0.2) is 87.4 Å². The van der Waals surface area contributed by atoms with Gasteiger partial charge in [-0.05, 0) is 17.7 Å². The number of carbonyl (C=O) groups excluding carboxylic acids is 2. The number of alkyl halides is 5. The molecule has 0 N–H and O–H groups in total. The van der Waals surface area contributed by atoms with Gasteiger partial charge in [-0.1, -0.05) is 6.07 Å². The van der Waals surface area contributed by atoms with Crippen LogP contribution in [-0.2, 0) is 16.1 Å². The minimum absolute atomic E-state index is 0.0339. The molecule has 0 radical (unpaired) electrons. The van der Waals surface area contributed by atoms with Gasteiger partial charge in [0.05, 0.1) is 5.56 Å². The van der Waals surface area contributed by atoms with Crippen LogP contribution in [0, 0.1) is 5.82 Å². The summed E-state index contributed by atoms with van der Waals surface area (Å²) in [5, 5.41) is 4.26. The van der Waals surface area contributed by atoms with Gasteiger partial charge in [0.15, 0.2) is 0 Å². The summed E-state index contributed by atoms with van der Waals surface area (Å²) in [6, 6.07) is 5.22. The Balaban J connectivity index is 1.49. The Morgan fingerprint density at radius 3 is 2.77 bits per heavy atom. The van der Waals surface area contributed by atoms with Crippen molar-refractivity contribution in [2.45, 2.75) is 19.4 Å². The molecule has 1 aromatic carbocycles. The number of nitrogens with zero attached hydrogens (tertiary/aromatic N) is 5. The normalized spacial score (nSPS) is 15.4. The van der Waals surface area contributed by atoms with E-state index in [9.17, 15) is 22.8 Å². The van der Waals surface area contributed by atoms with Crippen molar-refractivity contribution in [3.05, 3.63) is 48.0 Å². The Hall–Kier alpha value is -1.91. The molecule has 1 saturated heterocycles. The van der Waals surface area contributed by atoms with Gasteiger partial charge < -0.3 is 0 Å². The molecule has 35 heavy (non-hydrogen) atoms. The number of aromatic nitrogens is 3. The van der Waals surface area contributed by atoms with Crippen LogP contribution in [0.25, 0.3) is 22.2 Å². The van der Waals surface area contributed by atoms with E-state index in [0.29, 0.717) is 46.1 Å². The molecule has 0 saturated carbocycles. The van der Waals surface area contributed by atoms with Crippen LogP contribution < -0.4 is 0 Å². The summed E-state index contributed by atoms with van der Waals surface area (Å²) in [5.41, 5.74) is 2.07. The number of hydrogen-bond acceptors (Lipinski definition) is 4. The Kier molecular flexibility index (Phi) is 8.55. The molecule has 0 atom stereocenters. The molecule has 3 aromatic rings. The van der Waals surface area contributed by atoms with E-state index in [4.69, 9.17) is 0 Å². The topological polar surface area (TPSA) is 80.5 Å². The first-order chi connectivity index (χ1) is 16.7. The number of amides is 2. The molecule has 4 rings (SSSR count). The molecule has 12 heteroatoms. The van der Waals surface area contributed by atoms with Gasteiger partial charge >= 0.3 is 164 Å². The number of hydrogen-bond donors (Lipinski definition) is 0. The second-order valence-corrected chi connectivity index (χ2v) is 21.9. The summed E-state index contributed by atoms with van der Waals surface area (Å²) >= 11 is -0.220. The molecule has 0 aliphatic carbocycles. The van der Waals surface area contributed by atoms with Crippen LogP contribution in [0.5, 0.6) is 0 Å². The molecule has 3 heterocycles. The van der Waals surface area contributed by atoms with Gasteiger partial charge in [0, 0.05) is 6.20 Å². The number of aliphatic imine (C=N–C) groups is 1. The first-order valence-corrected chi connectivity index (χ1v) is 19.1. The molecule has 1 aliphatic heterocycles. The Morgan fingerprint density at radius 2 is 2.03 bits per heavy atom. The fourth-order valence-corrected chi connectivity index (χ4v) is 8.20. The van der Waals surface area contributed by atoms with Crippen LogP contribution in [0.3, 0.4) is 0 Å². The molecule has 0 spiro atoms. The van der Waals surface area contributed by atoms with Crippen LogP contribution in [0.2, 0.25) is 0 Å². The van der Waals surface area contributed by atoms with Gasteiger partial charge in [-0.3, -0.25) is 0 Å². The van der Waals surface area contributed by atoms with Crippen LogP contribution in [0.15, 0.2) is 41.7 Å². The molecule has 182 valence electrons. The zero-order chi connectivity index (χ0) is 25.1. The second-order valence-electron chi connectivity index (χ2n) is 8.12. The number of fused-ring (bicyclic) bond motifs is 1. The third kappa shape index (κ3) is 6.27. The monoisotopic (exact) mass is 789 g/mol. The Labute approximate surface area is 223 Å². The van der Waals surface area contributed by atoms with Crippen molar-refractivity contribution in [1.29, 1.82) is 0 Å². The molecule has 2 aromatic heterocycles. The van der Waals surface area contributed by atoms with Gasteiger partial charge in [-0.15, -0.1) is 0 Å². The maximum absolute atomic E-state index is 13.7. The van der Waals surface area contributed by atoms with E-state index < -0.39 is 37.6 Å². The number of pyridine rings is 1. The average Bonchev–Trinajstić information content (AvgIpc) is 3.46. The summed E-state index contributed by atoms with van der Waals surface area (Å²) in [6.07, 6.45) is 0.684. The zero-order valence-corrected chi connectivity index (χ0v) is 25.6. The van der Waals surface area contributed by atoms with Crippen molar-refractivity contribution in [2.24, 2.45) is 4.99 Å². The number of halogens is 4. The molecule has 0 bridgehead atoms. The van der Waals surface area contributed by atoms with Gasteiger partial charge in [-0.2, -0.15) is 0 Å². The number of benzene rings is 1. The molecule has 0 unspecified atom stereocenters. The van der Waals surface area contributed by atoms with E-state index in [1.54, 1.807) is 11.0 Å². The first-order valence-electron chi connectivity index (χ1n) is 10.7. The van der Waals surface area contributed by atoms with Gasteiger partial charge in [0.2, 0.25) is 0 Å². The SMILES string of the molecule is CI([CH2][Tl])CC(=O)N=C1CCN(C(=O)Cn2ncc3ncc(-c4ccc(F)c(C(F)F)c4)cc32)C1. The van der Waals surface area contributed by atoms with Gasteiger partial charge in [0.25, 0.3) is 6.43 Å². The van der Waals surface area contributed by atoms with Crippen LogP contribution in [0.1, 0.15) is 18.4 Å². The third-order valence-corrected chi connectivity index (χ3v) is 22.8. The Bertz CT molecular complexity index is 1300. The predicted molar refractivity (Wildman–Crippen MR) is 137 cm³/mol. The van der Waals surface area contributed by atoms with Crippen LogP contribution >= 0.6 is 19.8 Å². The van der Waals surface area contributed by atoms with E-state index in [0.717, 1.165) is 43.6 Å². The van der Waals surface area contributed by atoms with Gasteiger partial charge in [-0.25, -0.2) is 13.2 Å². The molecule has 7 nitrogen and oxygen atoms in total. The maximum atomic E-state index is 13.7. The fraction of sp³-hybridized carbons (Fsp3) is 0.348. The van der Waals surface area contributed by atoms with E-state index in [1.165, 1.54) is 25.1 Å². The molecular weight excluding hydrogens is 767 g/mol. The predicted octanol–water partition coefficient (Wildman–Crippen LogP) is 3.64. The summed E-state index contributed by atoms with van der Waals surface area (Å²) in [4.78, 5) is 37.5. The quantitative estimate of drug-likeness (QED) is 0.208. The van der Waals surface area contributed by atoms with E-state index >= 15 is 0 Å². The molecular formula is C23H22F3IN5O2Tl. The van der Waals surface area contributed by atoms with E-state index in [1.807, 2.05) is 0 Å². The second kappa shape index (κ2) is 11.4. The van der Waals surface area contributed by atoms with Crippen LogP contribution in [0.4, 0.5) is 13.2 Å². The Morgan fingerprint density at radius 1 is 1.23 bits per heavy atom. The standard InChI is InChI=1S/C23H22F3IN5O2.Tl/c1-27(2)9-21(33)30-16-5-6-31(12-16)22(34)13-32-20-8-15(10-28-19(20)11-29-32)14-3-4-18(24)17(7-14)23(25)26;/h3-4,7-8,10-11,23H,1,5-6,9,12-13H2,2H3;. The molecule has 1 fully saturated rings. The summed E-state index contributed by atoms with van der Waals surface area (Å²) in [5.74, 6) is -1.19. The summed E-state index contributed by atoms with van der Waals surface area (Å²) in [7, 11) is 0. The minimum atomic E-state index is -2.93. The number of likely N-dealkylation sites (tertiary alicyclic amines) is 1. The van der Waals surface area contributed by atoms with E-state index in [-0.39, 0.29) is 18.4 Å². The van der Waals surface area contributed by atoms with Crippen molar-refractivity contribution < 1.29 is 22.8 Å². The summed E-state index contributed by atoms with van der Waals surface area (Å²) < 4.78 is 43.3. The summed E-state index contributed by atoms with van der Waals surface area (Å²) in [6.45, 7) is 0.795. The average molecular weight is 789 g/mol. The zero-order valence-electron chi connectivity index (χ0n) is 18.9. The number of rotatable bonds is 7. The van der Waals surface area contributed by atoms with Crippen molar-refractivity contribution >= 4 is 74.1 Å². The van der Waals surface area contributed by atoms with E-state index in [2.05, 4.69) is 20.0 Å². The van der Waals surface area contributed by atoms with Crippen molar-refractivity contribution in [2.75, 3.05) is 24.4 Å². The van der Waals surface area contributed by atoms with Crippen molar-refractivity contribution in [1.82, 2.24) is 19.7 Å². The van der Waals surface area contributed by atoms with Crippen molar-refractivity contribution in [3.63, 3.8) is 0 Å². The van der Waals surface area contributed by atoms with Crippen molar-refractivity contribution in [3.8, 4) is 11.1 Å². The first kappa shape index (κ1) is 26.2. The molecule has 2 amide bonds. The fourth-order valence-electron chi connectivity index (χ4n) is 3.76. The molecule has 1 aliphatic rings. The third-order valence-electron chi connectivity index (χ3n) is 5.63. The number of carbonyl (C=O) groups is 2.